The molecule has 0 bridgehead atoms. The molecule has 1 rings (SSSR count). The van der Waals surface area contributed by atoms with Gasteiger partial charge in [0.15, 0.2) is 17.6 Å². The molecule has 3 nitrogen and oxygen atoms in total. The van der Waals surface area contributed by atoms with Gasteiger partial charge in [0, 0.05) is 0 Å². The van der Waals surface area contributed by atoms with E-state index in [9.17, 15) is 0 Å². The van der Waals surface area contributed by atoms with Crippen molar-refractivity contribution in [1.82, 2.24) is 0 Å². The fourth-order valence-electron chi connectivity index (χ4n) is 1.10. The molecule has 80 valence electrons. The van der Waals surface area contributed by atoms with E-state index in [4.69, 9.17) is 14.7 Å². The molecule has 3 heteroatoms. The second-order valence-corrected chi connectivity index (χ2v) is 3.18. The fraction of sp³-hybridized carbons (Fsp3) is 0.417. The van der Waals surface area contributed by atoms with Crippen LogP contribution in [0.2, 0.25) is 0 Å². The van der Waals surface area contributed by atoms with Gasteiger partial charge in [0.2, 0.25) is 0 Å². The largest absolute Gasteiger partial charge is 0.490 e. The van der Waals surface area contributed by atoms with Crippen LogP contribution < -0.4 is 9.47 Å². The Labute approximate surface area is 90.2 Å². The third kappa shape index (κ3) is 3.51. The van der Waals surface area contributed by atoms with E-state index in [0.29, 0.717) is 18.1 Å². The first-order chi connectivity index (χ1) is 7.27. The molecule has 0 saturated carbocycles. The topological polar surface area (TPSA) is 42.2 Å². The third-order valence-electron chi connectivity index (χ3n) is 1.80. The maximum absolute atomic E-state index is 8.65. The molecule has 1 aromatic carbocycles. The van der Waals surface area contributed by atoms with Crippen LogP contribution >= 0.6 is 0 Å². The minimum Gasteiger partial charge on any atom is -0.490 e. The van der Waals surface area contributed by atoms with Crippen LogP contribution in [0.3, 0.4) is 0 Å². The average Bonchev–Trinajstić information content (AvgIpc) is 2.28. The lowest BCUT2D eigenvalue weighted by Crippen LogP contribution is -2.09. The van der Waals surface area contributed by atoms with E-state index in [1.807, 2.05) is 31.2 Å². The Kier molecular flexibility index (Phi) is 4.49. The van der Waals surface area contributed by atoms with Gasteiger partial charge in [0.1, 0.15) is 6.07 Å². The minimum atomic E-state index is -0.462. The molecule has 0 N–H and O–H groups in total. The molecule has 0 amide bonds. The predicted octanol–water partition coefficient (Wildman–Crippen LogP) is 2.77. The lowest BCUT2D eigenvalue weighted by molar-refractivity contribution is 0.245. The quantitative estimate of drug-likeness (QED) is 0.742. The van der Waals surface area contributed by atoms with Crippen molar-refractivity contribution in [2.24, 2.45) is 0 Å². The van der Waals surface area contributed by atoms with E-state index in [-0.39, 0.29) is 0 Å². The summed E-state index contributed by atoms with van der Waals surface area (Å²) in [5.74, 6) is 1.32. The highest BCUT2D eigenvalue weighted by Gasteiger charge is 2.07. The highest BCUT2D eigenvalue weighted by atomic mass is 16.5. The monoisotopic (exact) mass is 205 g/mol. The van der Waals surface area contributed by atoms with Gasteiger partial charge in [-0.3, -0.25) is 0 Å². The van der Waals surface area contributed by atoms with E-state index in [0.717, 1.165) is 6.42 Å². The van der Waals surface area contributed by atoms with Gasteiger partial charge in [0.05, 0.1) is 6.61 Å². The van der Waals surface area contributed by atoms with Crippen molar-refractivity contribution in [3.8, 4) is 17.6 Å². The van der Waals surface area contributed by atoms with Crippen LogP contribution in [-0.4, -0.2) is 12.7 Å². The summed E-state index contributed by atoms with van der Waals surface area (Å²) >= 11 is 0. The van der Waals surface area contributed by atoms with E-state index in [1.54, 1.807) is 13.0 Å². The number of hydrogen-bond acceptors (Lipinski definition) is 3. The molecule has 0 aromatic heterocycles. The van der Waals surface area contributed by atoms with Gasteiger partial charge in [-0.25, -0.2) is 0 Å². The highest BCUT2D eigenvalue weighted by Crippen LogP contribution is 2.27. The van der Waals surface area contributed by atoms with Crippen LogP contribution in [0.15, 0.2) is 24.3 Å². The van der Waals surface area contributed by atoms with E-state index in [2.05, 4.69) is 0 Å². The van der Waals surface area contributed by atoms with Crippen LogP contribution in [0.25, 0.3) is 0 Å². The number of benzene rings is 1. The Morgan fingerprint density at radius 3 is 2.60 bits per heavy atom. The fourth-order valence-corrected chi connectivity index (χ4v) is 1.10. The Bertz CT molecular complexity index is 344. The minimum absolute atomic E-state index is 0.462. The van der Waals surface area contributed by atoms with Crippen molar-refractivity contribution in [1.29, 1.82) is 5.26 Å². The first-order valence-corrected chi connectivity index (χ1v) is 5.06. The summed E-state index contributed by atoms with van der Waals surface area (Å²) in [7, 11) is 0. The summed E-state index contributed by atoms with van der Waals surface area (Å²) in [5, 5.41) is 8.65. The SMILES string of the molecule is CCCOc1ccccc1OC(C)C#N. The van der Waals surface area contributed by atoms with Crippen LogP contribution in [0, 0.1) is 11.3 Å². The summed E-state index contributed by atoms with van der Waals surface area (Å²) in [5.41, 5.74) is 0. The zero-order valence-electron chi connectivity index (χ0n) is 9.06. The number of nitrogens with zero attached hydrogens (tertiary/aromatic N) is 1. The summed E-state index contributed by atoms with van der Waals surface area (Å²) in [4.78, 5) is 0. The van der Waals surface area contributed by atoms with Crippen LogP contribution in [0.5, 0.6) is 11.5 Å². The number of rotatable bonds is 5. The summed E-state index contributed by atoms with van der Waals surface area (Å²) < 4.78 is 10.9. The molecule has 0 radical (unpaired) electrons. The van der Waals surface area contributed by atoms with Crippen molar-refractivity contribution in [2.75, 3.05) is 6.61 Å². The molecule has 0 heterocycles. The lowest BCUT2D eigenvalue weighted by atomic mass is 10.3. The van der Waals surface area contributed by atoms with Gasteiger partial charge in [-0.2, -0.15) is 5.26 Å². The van der Waals surface area contributed by atoms with Gasteiger partial charge in [-0.15, -0.1) is 0 Å². The lowest BCUT2D eigenvalue weighted by Gasteiger charge is -2.12. The molecule has 1 unspecified atom stereocenters. The van der Waals surface area contributed by atoms with Crippen molar-refractivity contribution in [2.45, 2.75) is 26.4 Å². The molecular weight excluding hydrogens is 190 g/mol. The second-order valence-electron chi connectivity index (χ2n) is 3.18. The summed E-state index contributed by atoms with van der Waals surface area (Å²) in [6.07, 6.45) is 0.485. The Hall–Kier alpha value is -1.69. The van der Waals surface area contributed by atoms with Crippen molar-refractivity contribution in [3.05, 3.63) is 24.3 Å². The number of ether oxygens (including phenoxy) is 2. The van der Waals surface area contributed by atoms with Crippen LogP contribution in [0.4, 0.5) is 0 Å². The molecule has 0 aliphatic heterocycles. The van der Waals surface area contributed by atoms with Gasteiger partial charge >= 0.3 is 0 Å². The van der Waals surface area contributed by atoms with Gasteiger partial charge in [-0.05, 0) is 25.5 Å². The summed E-state index contributed by atoms with van der Waals surface area (Å²) in [6, 6.07) is 9.41. The molecule has 1 atom stereocenters. The molecule has 0 aliphatic carbocycles. The van der Waals surface area contributed by atoms with E-state index in [1.165, 1.54) is 0 Å². The maximum Gasteiger partial charge on any atom is 0.181 e. The first-order valence-electron chi connectivity index (χ1n) is 5.06. The highest BCUT2D eigenvalue weighted by molar-refractivity contribution is 5.39. The van der Waals surface area contributed by atoms with Gasteiger partial charge < -0.3 is 9.47 Å². The van der Waals surface area contributed by atoms with Crippen LogP contribution in [0.1, 0.15) is 20.3 Å². The second kappa shape index (κ2) is 5.92. The molecule has 0 fully saturated rings. The van der Waals surface area contributed by atoms with Crippen molar-refractivity contribution < 1.29 is 9.47 Å². The standard InChI is InChI=1S/C12H15NO2/c1-3-8-14-11-6-4-5-7-12(11)15-10(2)9-13/h4-7,10H,3,8H2,1-2H3. The zero-order chi connectivity index (χ0) is 11.1. The van der Waals surface area contributed by atoms with Crippen molar-refractivity contribution in [3.63, 3.8) is 0 Å². The van der Waals surface area contributed by atoms with Gasteiger partial charge in [0.25, 0.3) is 0 Å². The van der Waals surface area contributed by atoms with Crippen LogP contribution in [-0.2, 0) is 0 Å². The predicted molar refractivity (Wildman–Crippen MR) is 57.9 cm³/mol. The Morgan fingerprint density at radius 2 is 2.00 bits per heavy atom. The maximum atomic E-state index is 8.65. The molecule has 0 spiro atoms. The Balaban J connectivity index is 2.73. The normalized spacial score (nSPS) is 11.5. The third-order valence-corrected chi connectivity index (χ3v) is 1.80. The Morgan fingerprint density at radius 1 is 1.33 bits per heavy atom. The molecular formula is C12H15NO2. The number of nitriles is 1. The number of para-hydroxylation sites is 2. The molecule has 1 aromatic rings. The van der Waals surface area contributed by atoms with E-state index >= 15 is 0 Å². The first kappa shape index (κ1) is 11.4. The van der Waals surface area contributed by atoms with E-state index < -0.39 is 6.10 Å². The average molecular weight is 205 g/mol. The number of hydrogen-bond donors (Lipinski definition) is 0. The van der Waals surface area contributed by atoms with Gasteiger partial charge in [-0.1, -0.05) is 19.1 Å². The molecule has 0 saturated heterocycles. The molecule has 15 heavy (non-hydrogen) atoms. The zero-order valence-corrected chi connectivity index (χ0v) is 9.06. The smallest absolute Gasteiger partial charge is 0.181 e. The van der Waals surface area contributed by atoms with Crippen molar-refractivity contribution >= 4 is 0 Å². The molecule has 0 aliphatic rings. The summed E-state index contributed by atoms with van der Waals surface area (Å²) in [6.45, 7) is 4.40.